The van der Waals surface area contributed by atoms with Gasteiger partial charge in [-0.15, -0.1) is 9.24 Å². The van der Waals surface area contributed by atoms with Crippen molar-refractivity contribution in [2.24, 2.45) is 0 Å². The van der Waals surface area contributed by atoms with E-state index in [0.29, 0.717) is 5.56 Å². The van der Waals surface area contributed by atoms with Crippen LogP contribution in [0, 0.1) is 11.3 Å². The van der Waals surface area contributed by atoms with Crippen LogP contribution in [0.1, 0.15) is 19.4 Å². The second-order valence-corrected chi connectivity index (χ2v) is 3.34. The number of fused-ring (bicyclic) bond motifs is 1. The van der Waals surface area contributed by atoms with Gasteiger partial charge in [0, 0.05) is 11.6 Å². The monoisotopic (exact) mass is 216 g/mol. The average Bonchev–Trinajstić information content (AvgIpc) is 2.33. The van der Waals surface area contributed by atoms with E-state index in [1.165, 1.54) is 0 Å². The van der Waals surface area contributed by atoms with Gasteiger partial charge in [0.15, 0.2) is 0 Å². The van der Waals surface area contributed by atoms with Gasteiger partial charge >= 0.3 is 0 Å². The molecule has 0 saturated heterocycles. The fourth-order valence-electron chi connectivity index (χ4n) is 1.28. The molecule has 0 aliphatic carbocycles. The maximum atomic E-state index is 8.83. The van der Waals surface area contributed by atoms with Crippen molar-refractivity contribution in [3.63, 3.8) is 0 Å². The summed E-state index contributed by atoms with van der Waals surface area (Å²) in [7, 11) is 2.64. The highest BCUT2D eigenvalue weighted by Crippen LogP contribution is 2.14. The third kappa shape index (κ3) is 2.32. The van der Waals surface area contributed by atoms with E-state index in [1.807, 2.05) is 32.0 Å². The number of benzene rings is 1. The zero-order chi connectivity index (χ0) is 11.3. The number of hydrogen-bond acceptors (Lipinski definition) is 2. The van der Waals surface area contributed by atoms with Gasteiger partial charge in [-0.05, 0) is 17.4 Å². The first-order valence-electron chi connectivity index (χ1n) is 4.86. The molecule has 0 radical (unpaired) electrons. The Morgan fingerprint density at radius 3 is 2.67 bits per heavy atom. The normalized spacial score (nSPS) is 8.93. The van der Waals surface area contributed by atoms with Gasteiger partial charge in [-0.2, -0.15) is 5.26 Å². The number of aromatic nitrogens is 1. The molecule has 76 valence electrons. The van der Waals surface area contributed by atoms with Crippen LogP contribution in [0.3, 0.4) is 0 Å². The Labute approximate surface area is 92.2 Å². The summed E-state index contributed by atoms with van der Waals surface area (Å²) in [4.78, 5) is 4.18. The summed E-state index contributed by atoms with van der Waals surface area (Å²) in [6.07, 6.45) is 1.70. The summed E-state index contributed by atoms with van der Waals surface area (Å²) in [5.41, 5.74) is 1.40. The topological polar surface area (TPSA) is 36.7 Å². The van der Waals surface area contributed by atoms with Crippen LogP contribution in [0.15, 0.2) is 30.5 Å². The Morgan fingerprint density at radius 2 is 2.00 bits per heavy atom. The van der Waals surface area contributed by atoms with Crippen LogP contribution in [-0.4, -0.2) is 4.98 Å². The first kappa shape index (κ1) is 11.6. The van der Waals surface area contributed by atoms with Crippen molar-refractivity contribution in [2.45, 2.75) is 13.8 Å². The van der Waals surface area contributed by atoms with Gasteiger partial charge in [-0.25, -0.2) is 0 Å². The molecule has 1 aromatic carbocycles. The van der Waals surface area contributed by atoms with E-state index in [2.05, 4.69) is 20.3 Å². The molecule has 1 aromatic heterocycles. The Hall–Kier alpha value is -1.45. The van der Waals surface area contributed by atoms with Gasteiger partial charge in [0.1, 0.15) is 6.07 Å². The first-order chi connectivity index (χ1) is 7.33. The molecule has 0 N–H and O–H groups in total. The van der Waals surface area contributed by atoms with E-state index >= 15 is 0 Å². The zero-order valence-electron chi connectivity index (χ0n) is 8.86. The molecule has 0 aliphatic heterocycles. The van der Waals surface area contributed by atoms with E-state index in [0.717, 1.165) is 16.2 Å². The molecule has 0 bridgehead atoms. The lowest BCUT2D eigenvalue weighted by Gasteiger charge is -2.01. The van der Waals surface area contributed by atoms with Gasteiger partial charge in [0.2, 0.25) is 0 Å². The smallest absolute Gasteiger partial charge is 0.101 e. The number of nitriles is 1. The third-order valence-electron chi connectivity index (χ3n) is 1.92. The molecule has 0 amide bonds. The SMILES string of the molecule is CC.N#Cc1ccc(P)c2cccnc12. The van der Waals surface area contributed by atoms with Crippen LogP contribution in [0.4, 0.5) is 0 Å². The molecule has 2 rings (SSSR count). The number of nitrogens with zero attached hydrogens (tertiary/aromatic N) is 2. The Morgan fingerprint density at radius 1 is 1.27 bits per heavy atom. The van der Waals surface area contributed by atoms with Crippen molar-refractivity contribution in [2.75, 3.05) is 0 Å². The second kappa shape index (κ2) is 5.44. The van der Waals surface area contributed by atoms with E-state index in [-0.39, 0.29) is 0 Å². The van der Waals surface area contributed by atoms with Crippen molar-refractivity contribution in [1.29, 1.82) is 5.26 Å². The van der Waals surface area contributed by atoms with Gasteiger partial charge in [0.05, 0.1) is 11.1 Å². The summed E-state index contributed by atoms with van der Waals surface area (Å²) in [5.74, 6) is 0. The van der Waals surface area contributed by atoms with Crippen LogP contribution in [0.5, 0.6) is 0 Å². The third-order valence-corrected chi connectivity index (χ3v) is 2.43. The highest BCUT2D eigenvalue weighted by atomic mass is 31.0. The van der Waals surface area contributed by atoms with Crippen molar-refractivity contribution < 1.29 is 0 Å². The van der Waals surface area contributed by atoms with Crippen molar-refractivity contribution in [1.82, 2.24) is 4.98 Å². The summed E-state index contributed by atoms with van der Waals surface area (Å²) in [5, 5.41) is 10.9. The van der Waals surface area contributed by atoms with E-state index in [4.69, 9.17) is 5.26 Å². The van der Waals surface area contributed by atoms with Gasteiger partial charge in [-0.3, -0.25) is 4.98 Å². The van der Waals surface area contributed by atoms with Gasteiger partial charge < -0.3 is 0 Å². The first-order valence-corrected chi connectivity index (χ1v) is 5.44. The maximum Gasteiger partial charge on any atom is 0.101 e. The molecular weight excluding hydrogens is 203 g/mol. The fraction of sp³-hybridized carbons (Fsp3) is 0.167. The highest BCUT2D eigenvalue weighted by Gasteiger charge is 2.02. The predicted molar refractivity (Wildman–Crippen MR) is 67.2 cm³/mol. The number of rotatable bonds is 0. The molecule has 2 aromatic rings. The lowest BCUT2D eigenvalue weighted by atomic mass is 10.1. The molecule has 0 aliphatic rings. The van der Waals surface area contributed by atoms with Crippen LogP contribution in [0.25, 0.3) is 10.9 Å². The van der Waals surface area contributed by atoms with E-state index in [1.54, 1.807) is 12.3 Å². The molecule has 1 unspecified atom stereocenters. The summed E-state index contributed by atoms with van der Waals surface area (Å²) < 4.78 is 0. The molecule has 1 heterocycles. The standard InChI is InChI=1S/C10H7N2P.C2H6/c11-6-7-3-4-9(13)8-2-1-5-12-10(7)8;1-2/h1-5H,13H2;1-2H3. The lowest BCUT2D eigenvalue weighted by Crippen LogP contribution is -1.95. The molecule has 1 atom stereocenters. The number of hydrogen-bond donors (Lipinski definition) is 0. The van der Waals surface area contributed by atoms with Crippen LogP contribution >= 0.6 is 9.24 Å². The lowest BCUT2D eigenvalue weighted by molar-refractivity contribution is 1.39. The van der Waals surface area contributed by atoms with Gasteiger partial charge in [-0.1, -0.05) is 26.0 Å². The minimum Gasteiger partial charge on any atom is -0.255 e. The minimum atomic E-state index is 0.627. The Balaban J connectivity index is 0.000000531. The van der Waals surface area contributed by atoms with Gasteiger partial charge in [0.25, 0.3) is 0 Å². The molecule has 0 saturated carbocycles. The van der Waals surface area contributed by atoms with Crippen molar-refractivity contribution >= 4 is 25.4 Å². The average molecular weight is 216 g/mol. The van der Waals surface area contributed by atoms with Crippen LogP contribution in [-0.2, 0) is 0 Å². The maximum absolute atomic E-state index is 8.83. The second-order valence-electron chi connectivity index (χ2n) is 2.71. The van der Waals surface area contributed by atoms with Crippen LogP contribution in [0.2, 0.25) is 0 Å². The van der Waals surface area contributed by atoms with E-state index in [9.17, 15) is 0 Å². The van der Waals surface area contributed by atoms with E-state index < -0.39 is 0 Å². The van der Waals surface area contributed by atoms with Crippen molar-refractivity contribution in [3.8, 4) is 6.07 Å². The Kier molecular flexibility index (Phi) is 4.21. The fourth-order valence-corrected chi connectivity index (χ4v) is 1.61. The molecule has 15 heavy (non-hydrogen) atoms. The molecule has 2 nitrogen and oxygen atoms in total. The highest BCUT2D eigenvalue weighted by molar-refractivity contribution is 7.28. The minimum absolute atomic E-state index is 0.627. The quantitative estimate of drug-likeness (QED) is 0.635. The molecule has 0 fully saturated rings. The predicted octanol–water partition coefficient (Wildman–Crippen LogP) is 2.63. The molecule has 3 heteroatoms. The number of pyridine rings is 1. The largest absolute Gasteiger partial charge is 0.255 e. The molecule has 0 spiro atoms. The summed E-state index contributed by atoms with van der Waals surface area (Å²) in [6.45, 7) is 4.00. The Bertz CT molecular complexity index is 500. The zero-order valence-corrected chi connectivity index (χ0v) is 10.0. The molecular formula is C12H13N2P. The van der Waals surface area contributed by atoms with Crippen molar-refractivity contribution in [3.05, 3.63) is 36.0 Å². The summed E-state index contributed by atoms with van der Waals surface area (Å²) in [6, 6.07) is 9.66. The van der Waals surface area contributed by atoms with Crippen LogP contribution < -0.4 is 5.30 Å². The summed E-state index contributed by atoms with van der Waals surface area (Å²) >= 11 is 0.